The van der Waals surface area contributed by atoms with Gasteiger partial charge in [0.15, 0.2) is 0 Å². The Hall–Kier alpha value is -2.26. The largest absolute Gasteiger partial charge is 0.244 e. The Morgan fingerprint density at radius 3 is 1.55 bits per heavy atom. The molecule has 110 valence electrons. The molecule has 0 unspecified atom stereocenters. The molecule has 0 amide bonds. The van der Waals surface area contributed by atoms with Crippen LogP contribution in [0.2, 0.25) is 5.15 Å². The predicted octanol–water partition coefficient (Wildman–Crippen LogP) is 5.19. The highest BCUT2D eigenvalue weighted by molar-refractivity contribution is 6.29. The van der Waals surface area contributed by atoms with Gasteiger partial charge in [-0.2, -0.15) is 0 Å². The van der Waals surface area contributed by atoms with Crippen molar-refractivity contribution in [2.75, 3.05) is 0 Å². The van der Waals surface area contributed by atoms with Gasteiger partial charge < -0.3 is 0 Å². The van der Waals surface area contributed by atoms with Gasteiger partial charge in [0.1, 0.15) is 16.8 Å². The number of hydrogen-bond acceptors (Lipinski definition) is 1. The number of pyridine rings is 1. The Morgan fingerprint density at radius 1 is 0.682 bits per heavy atom. The van der Waals surface area contributed by atoms with Crippen molar-refractivity contribution in [3.05, 3.63) is 100 Å². The molecule has 1 heterocycles. The highest BCUT2D eigenvalue weighted by Gasteiger charge is 2.17. The summed E-state index contributed by atoms with van der Waals surface area (Å²) in [6.07, 6.45) is 1.68. The lowest BCUT2D eigenvalue weighted by molar-refractivity contribution is 0.626. The fourth-order valence-electron chi connectivity index (χ4n) is 2.45. The first kappa shape index (κ1) is 14.7. The van der Waals surface area contributed by atoms with Gasteiger partial charge in [0.25, 0.3) is 0 Å². The topological polar surface area (TPSA) is 12.9 Å². The number of benzene rings is 2. The smallest absolute Gasteiger partial charge is 0.129 e. The van der Waals surface area contributed by atoms with Crippen LogP contribution in [0, 0.1) is 11.6 Å². The van der Waals surface area contributed by atoms with Crippen LogP contribution in [0.25, 0.3) is 0 Å². The molecule has 0 atom stereocenters. The molecule has 3 rings (SSSR count). The lowest BCUT2D eigenvalue weighted by Crippen LogP contribution is -2.04. The third kappa shape index (κ3) is 3.15. The highest BCUT2D eigenvalue weighted by atomic mass is 35.5. The minimum atomic E-state index is -0.296. The van der Waals surface area contributed by atoms with E-state index < -0.39 is 0 Å². The maximum atomic E-state index is 13.2. The summed E-state index contributed by atoms with van der Waals surface area (Å²) in [5, 5.41) is 0.403. The number of nitrogens with zero attached hydrogens (tertiary/aromatic N) is 1. The van der Waals surface area contributed by atoms with Crippen LogP contribution >= 0.6 is 11.6 Å². The third-order valence-corrected chi connectivity index (χ3v) is 3.71. The van der Waals surface area contributed by atoms with Crippen molar-refractivity contribution in [3.8, 4) is 0 Å². The van der Waals surface area contributed by atoms with E-state index in [9.17, 15) is 8.78 Å². The van der Waals surface area contributed by atoms with Gasteiger partial charge in [-0.1, -0.05) is 41.9 Å². The molecule has 1 nitrogen and oxygen atoms in total. The summed E-state index contributed by atoms with van der Waals surface area (Å²) in [6, 6.07) is 16.1. The van der Waals surface area contributed by atoms with E-state index in [1.807, 2.05) is 6.07 Å². The van der Waals surface area contributed by atoms with E-state index in [4.69, 9.17) is 11.6 Å². The van der Waals surface area contributed by atoms with Gasteiger partial charge in [-0.3, -0.25) is 0 Å². The highest BCUT2D eigenvalue weighted by Crippen LogP contribution is 2.32. The first-order valence-corrected chi connectivity index (χ1v) is 7.13. The van der Waals surface area contributed by atoms with Crippen molar-refractivity contribution < 1.29 is 8.78 Å². The van der Waals surface area contributed by atoms with Crippen molar-refractivity contribution in [3.63, 3.8) is 0 Å². The van der Waals surface area contributed by atoms with Crippen molar-refractivity contribution >= 4 is 11.6 Å². The second-order valence-corrected chi connectivity index (χ2v) is 5.34. The molecule has 0 fully saturated rings. The molecule has 0 aliphatic rings. The Morgan fingerprint density at radius 2 is 1.14 bits per heavy atom. The van der Waals surface area contributed by atoms with Gasteiger partial charge in [-0.05, 0) is 47.0 Å². The summed E-state index contributed by atoms with van der Waals surface area (Å²) in [6.45, 7) is 0. The summed E-state index contributed by atoms with van der Waals surface area (Å²) in [5.41, 5.74) is 2.71. The number of halogens is 3. The van der Waals surface area contributed by atoms with Crippen molar-refractivity contribution in [2.24, 2.45) is 0 Å². The van der Waals surface area contributed by atoms with Crippen LogP contribution in [0.3, 0.4) is 0 Å². The molecule has 0 N–H and O–H groups in total. The quantitative estimate of drug-likeness (QED) is 0.606. The summed E-state index contributed by atoms with van der Waals surface area (Å²) >= 11 is 5.84. The van der Waals surface area contributed by atoms with Crippen LogP contribution in [-0.2, 0) is 0 Å². The average molecular weight is 316 g/mol. The molecule has 0 aliphatic heterocycles. The van der Waals surface area contributed by atoms with Gasteiger partial charge in [0, 0.05) is 12.1 Å². The fourth-order valence-corrected chi connectivity index (χ4v) is 2.56. The van der Waals surface area contributed by atoms with E-state index in [1.54, 1.807) is 36.5 Å². The molecule has 2 aromatic carbocycles. The molecular formula is C18H12ClF2N. The monoisotopic (exact) mass is 315 g/mol. The normalized spacial score (nSPS) is 10.9. The molecule has 0 spiro atoms. The first-order valence-electron chi connectivity index (χ1n) is 6.76. The van der Waals surface area contributed by atoms with E-state index in [2.05, 4.69) is 4.98 Å². The summed E-state index contributed by atoms with van der Waals surface area (Å²) in [5.74, 6) is -0.752. The molecule has 0 radical (unpaired) electrons. The van der Waals surface area contributed by atoms with Gasteiger partial charge in [0.05, 0.1) is 0 Å². The van der Waals surface area contributed by atoms with Crippen LogP contribution in [0.1, 0.15) is 22.6 Å². The van der Waals surface area contributed by atoms with E-state index in [1.165, 1.54) is 24.3 Å². The Balaban J connectivity index is 2.10. The van der Waals surface area contributed by atoms with Gasteiger partial charge in [-0.25, -0.2) is 13.8 Å². The number of rotatable bonds is 3. The molecule has 3 aromatic rings. The summed E-state index contributed by atoms with van der Waals surface area (Å²) in [7, 11) is 0. The Bertz CT molecular complexity index is 644. The van der Waals surface area contributed by atoms with Gasteiger partial charge in [-0.15, -0.1) is 0 Å². The van der Waals surface area contributed by atoms with Crippen LogP contribution in [-0.4, -0.2) is 4.98 Å². The lowest BCUT2D eigenvalue weighted by Gasteiger charge is -2.18. The number of aromatic nitrogens is 1. The minimum absolute atomic E-state index is 0.161. The molecule has 22 heavy (non-hydrogen) atoms. The maximum absolute atomic E-state index is 13.2. The van der Waals surface area contributed by atoms with Crippen LogP contribution in [0.15, 0.2) is 66.9 Å². The Labute approximate surface area is 132 Å². The average Bonchev–Trinajstić information content (AvgIpc) is 2.53. The summed E-state index contributed by atoms with van der Waals surface area (Å²) in [4.78, 5) is 4.10. The molecule has 0 saturated carbocycles. The van der Waals surface area contributed by atoms with Crippen molar-refractivity contribution in [1.29, 1.82) is 0 Å². The zero-order valence-electron chi connectivity index (χ0n) is 11.5. The van der Waals surface area contributed by atoms with Crippen molar-refractivity contribution in [2.45, 2.75) is 5.92 Å². The number of hydrogen-bond donors (Lipinski definition) is 0. The van der Waals surface area contributed by atoms with E-state index in [0.717, 1.165) is 16.7 Å². The second kappa shape index (κ2) is 6.24. The van der Waals surface area contributed by atoms with E-state index in [-0.39, 0.29) is 17.6 Å². The zero-order chi connectivity index (χ0) is 15.5. The van der Waals surface area contributed by atoms with E-state index in [0.29, 0.717) is 5.15 Å². The fraction of sp³-hybridized carbons (Fsp3) is 0.0556. The van der Waals surface area contributed by atoms with Crippen molar-refractivity contribution in [1.82, 2.24) is 4.98 Å². The lowest BCUT2D eigenvalue weighted by atomic mass is 9.86. The zero-order valence-corrected chi connectivity index (χ0v) is 12.3. The SMILES string of the molecule is Fc1ccc(C(c2ccc(F)cc2)c2ccc(Cl)nc2)cc1. The predicted molar refractivity (Wildman–Crippen MR) is 83.0 cm³/mol. The van der Waals surface area contributed by atoms with E-state index >= 15 is 0 Å². The van der Waals surface area contributed by atoms with Crippen LogP contribution in [0.4, 0.5) is 8.78 Å². The molecule has 1 aromatic heterocycles. The molecule has 4 heteroatoms. The maximum Gasteiger partial charge on any atom is 0.129 e. The van der Waals surface area contributed by atoms with Gasteiger partial charge in [0.2, 0.25) is 0 Å². The standard InChI is InChI=1S/C18H12ClF2N/c19-17-10-5-14(11-22-17)18(12-1-6-15(20)7-2-12)13-3-8-16(21)9-4-13/h1-11,18H. The molecule has 0 bridgehead atoms. The molecular weight excluding hydrogens is 304 g/mol. The van der Waals surface area contributed by atoms with Gasteiger partial charge >= 0.3 is 0 Å². The first-order chi connectivity index (χ1) is 10.6. The second-order valence-electron chi connectivity index (χ2n) is 4.95. The van der Waals surface area contributed by atoms with Crippen LogP contribution in [0.5, 0.6) is 0 Å². The molecule has 0 aliphatic carbocycles. The summed E-state index contributed by atoms with van der Waals surface area (Å²) < 4.78 is 26.4. The third-order valence-electron chi connectivity index (χ3n) is 3.49. The Kier molecular flexibility index (Phi) is 4.16. The minimum Gasteiger partial charge on any atom is -0.244 e. The molecule has 0 saturated heterocycles. The van der Waals surface area contributed by atoms with Crippen LogP contribution < -0.4 is 0 Å².